The van der Waals surface area contributed by atoms with Crippen molar-refractivity contribution < 1.29 is 5.11 Å². The van der Waals surface area contributed by atoms with Crippen LogP contribution >= 0.6 is 0 Å². The highest BCUT2D eigenvalue weighted by Gasteiger charge is 2.10. The van der Waals surface area contributed by atoms with Crippen LogP contribution in [-0.4, -0.2) is 19.9 Å². The summed E-state index contributed by atoms with van der Waals surface area (Å²) in [6.07, 6.45) is 0. The van der Waals surface area contributed by atoms with Gasteiger partial charge in [-0.3, -0.25) is 0 Å². The van der Waals surface area contributed by atoms with Crippen LogP contribution in [0.3, 0.4) is 0 Å². The van der Waals surface area contributed by atoms with E-state index in [-0.39, 0.29) is 5.75 Å². The number of hydrogen-bond acceptors (Lipinski definition) is 3. The molecule has 1 N–H and O–H groups in total. The van der Waals surface area contributed by atoms with E-state index in [0.717, 1.165) is 5.82 Å². The Balaban J connectivity index is 2.60. The highest BCUT2D eigenvalue weighted by Crippen LogP contribution is 2.26. The summed E-state index contributed by atoms with van der Waals surface area (Å²) in [7, 11) is 1.87. The number of benzene rings is 1. The molecule has 4 heteroatoms. The fourth-order valence-corrected chi connectivity index (χ4v) is 1.30. The number of hydrogen-bond donors (Lipinski definition) is 1. The van der Waals surface area contributed by atoms with E-state index < -0.39 is 0 Å². The van der Waals surface area contributed by atoms with Crippen LogP contribution in [-0.2, 0) is 7.05 Å². The van der Waals surface area contributed by atoms with E-state index in [1.54, 1.807) is 12.1 Å². The number of phenolic OH excluding ortho intramolecular Hbond substituents is 1. The fourth-order valence-electron chi connectivity index (χ4n) is 1.30. The maximum atomic E-state index is 9.62. The molecule has 0 fully saturated rings. The maximum Gasteiger partial charge on any atom is 0.167 e. The quantitative estimate of drug-likeness (QED) is 0.739. The lowest BCUT2D eigenvalue weighted by Gasteiger charge is -2.03. The minimum Gasteiger partial charge on any atom is -0.507 e. The lowest BCUT2D eigenvalue weighted by molar-refractivity contribution is 0.476. The first kappa shape index (κ1) is 8.74. The molecule has 1 aromatic carbocycles. The van der Waals surface area contributed by atoms with Crippen molar-refractivity contribution in [1.29, 1.82) is 0 Å². The highest BCUT2D eigenvalue weighted by molar-refractivity contribution is 5.63. The molecule has 0 bridgehead atoms. The van der Waals surface area contributed by atoms with Crippen LogP contribution in [0.2, 0.25) is 0 Å². The first-order valence-corrected chi connectivity index (χ1v) is 4.34. The Labute approximate surface area is 81.8 Å². The Kier molecular flexibility index (Phi) is 1.96. The van der Waals surface area contributed by atoms with E-state index in [2.05, 4.69) is 10.2 Å². The van der Waals surface area contributed by atoms with Crippen LogP contribution in [0.25, 0.3) is 11.4 Å². The molecule has 0 saturated heterocycles. The van der Waals surface area contributed by atoms with Gasteiger partial charge in [-0.1, -0.05) is 12.1 Å². The van der Waals surface area contributed by atoms with E-state index >= 15 is 0 Å². The molecule has 1 heterocycles. The van der Waals surface area contributed by atoms with Crippen molar-refractivity contribution in [1.82, 2.24) is 14.8 Å². The minimum atomic E-state index is 0.225. The second-order valence-corrected chi connectivity index (χ2v) is 3.15. The normalized spacial score (nSPS) is 10.4. The SMILES string of the molecule is Cc1nnc(-c2ccccc2O)n1C. The van der Waals surface area contributed by atoms with Gasteiger partial charge in [-0.15, -0.1) is 10.2 Å². The zero-order valence-electron chi connectivity index (χ0n) is 8.10. The van der Waals surface area contributed by atoms with Gasteiger partial charge < -0.3 is 9.67 Å². The van der Waals surface area contributed by atoms with E-state index in [4.69, 9.17) is 0 Å². The van der Waals surface area contributed by atoms with Gasteiger partial charge in [0.1, 0.15) is 11.6 Å². The van der Waals surface area contributed by atoms with Gasteiger partial charge in [0.15, 0.2) is 5.82 Å². The minimum absolute atomic E-state index is 0.225. The summed E-state index contributed by atoms with van der Waals surface area (Å²) in [4.78, 5) is 0. The molecule has 0 aliphatic carbocycles. The average molecular weight is 189 g/mol. The van der Waals surface area contributed by atoms with Gasteiger partial charge in [-0.05, 0) is 19.1 Å². The molecule has 0 atom stereocenters. The van der Waals surface area contributed by atoms with Gasteiger partial charge >= 0.3 is 0 Å². The Morgan fingerprint density at radius 3 is 2.50 bits per heavy atom. The molecule has 2 rings (SSSR count). The molecule has 0 saturated carbocycles. The number of aryl methyl sites for hydroxylation is 1. The Morgan fingerprint density at radius 2 is 1.93 bits per heavy atom. The summed E-state index contributed by atoms with van der Waals surface area (Å²) in [6, 6.07) is 7.10. The van der Waals surface area contributed by atoms with Crippen molar-refractivity contribution in [3.8, 4) is 17.1 Å². The van der Waals surface area contributed by atoms with Crippen LogP contribution in [0.4, 0.5) is 0 Å². The fraction of sp³-hybridized carbons (Fsp3) is 0.200. The summed E-state index contributed by atoms with van der Waals surface area (Å²) < 4.78 is 1.84. The topological polar surface area (TPSA) is 50.9 Å². The second kappa shape index (κ2) is 3.14. The molecular weight excluding hydrogens is 178 g/mol. The lowest BCUT2D eigenvalue weighted by atomic mass is 10.2. The van der Waals surface area contributed by atoms with Crippen molar-refractivity contribution in [3.05, 3.63) is 30.1 Å². The first-order chi connectivity index (χ1) is 6.70. The van der Waals surface area contributed by atoms with Crippen LogP contribution in [0, 0.1) is 6.92 Å². The average Bonchev–Trinajstić information content (AvgIpc) is 2.49. The number of para-hydroxylation sites is 1. The Bertz CT molecular complexity index is 462. The summed E-state index contributed by atoms with van der Waals surface area (Å²) in [5.41, 5.74) is 0.704. The molecule has 14 heavy (non-hydrogen) atoms. The smallest absolute Gasteiger partial charge is 0.167 e. The number of aromatic nitrogens is 3. The predicted molar refractivity (Wildman–Crippen MR) is 52.8 cm³/mol. The molecule has 0 unspecified atom stereocenters. The summed E-state index contributed by atoms with van der Waals surface area (Å²) in [5, 5.41) is 17.6. The molecule has 0 aliphatic rings. The highest BCUT2D eigenvalue weighted by atomic mass is 16.3. The molecule has 4 nitrogen and oxygen atoms in total. The lowest BCUT2D eigenvalue weighted by Crippen LogP contribution is -1.94. The van der Waals surface area contributed by atoms with Crippen molar-refractivity contribution in [2.24, 2.45) is 7.05 Å². The number of nitrogens with zero attached hydrogens (tertiary/aromatic N) is 3. The molecule has 0 spiro atoms. The zero-order valence-corrected chi connectivity index (χ0v) is 8.10. The standard InChI is InChI=1S/C10H11N3O/c1-7-11-12-10(13(7)2)8-5-3-4-6-9(8)14/h3-6,14H,1-2H3. The van der Waals surface area contributed by atoms with Gasteiger partial charge in [0.05, 0.1) is 5.56 Å². The van der Waals surface area contributed by atoms with Crippen molar-refractivity contribution >= 4 is 0 Å². The largest absolute Gasteiger partial charge is 0.507 e. The predicted octanol–water partition coefficient (Wildman–Crippen LogP) is 1.50. The van der Waals surface area contributed by atoms with Crippen LogP contribution in [0.1, 0.15) is 5.82 Å². The third kappa shape index (κ3) is 1.25. The van der Waals surface area contributed by atoms with Gasteiger partial charge in [-0.25, -0.2) is 0 Å². The van der Waals surface area contributed by atoms with Gasteiger partial charge in [0.2, 0.25) is 0 Å². The molecule has 72 valence electrons. The van der Waals surface area contributed by atoms with Crippen LogP contribution < -0.4 is 0 Å². The van der Waals surface area contributed by atoms with Crippen molar-refractivity contribution in [2.45, 2.75) is 6.92 Å². The Morgan fingerprint density at radius 1 is 1.21 bits per heavy atom. The van der Waals surface area contributed by atoms with Gasteiger partial charge in [-0.2, -0.15) is 0 Å². The molecule has 1 aromatic heterocycles. The van der Waals surface area contributed by atoms with E-state index in [9.17, 15) is 5.11 Å². The van der Waals surface area contributed by atoms with E-state index in [1.807, 2.05) is 30.7 Å². The van der Waals surface area contributed by atoms with Gasteiger partial charge in [0.25, 0.3) is 0 Å². The Hall–Kier alpha value is -1.84. The molecular formula is C10H11N3O. The molecule has 0 aliphatic heterocycles. The van der Waals surface area contributed by atoms with E-state index in [1.165, 1.54) is 0 Å². The van der Waals surface area contributed by atoms with E-state index in [0.29, 0.717) is 11.4 Å². The zero-order chi connectivity index (χ0) is 10.1. The van der Waals surface area contributed by atoms with Gasteiger partial charge in [0, 0.05) is 7.05 Å². The van der Waals surface area contributed by atoms with Crippen molar-refractivity contribution in [3.63, 3.8) is 0 Å². The molecule has 0 radical (unpaired) electrons. The summed E-state index contributed by atoms with van der Waals surface area (Å²) in [5.74, 6) is 1.73. The second-order valence-electron chi connectivity index (χ2n) is 3.15. The number of rotatable bonds is 1. The third-order valence-electron chi connectivity index (χ3n) is 2.24. The number of aromatic hydroxyl groups is 1. The monoisotopic (exact) mass is 189 g/mol. The van der Waals surface area contributed by atoms with Crippen LogP contribution in [0.5, 0.6) is 5.75 Å². The van der Waals surface area contributed by atoms with Crippen LogP contribution in [0.15, 0.2) is 24.3 Å². The molecule has 0 amide bonds. The summed E-state index contributed by atoms with van der Waals surface area (Å²) in [6.45, 7) is 1.87. The maximum absolute atomic E-state index is 9.62. The summed E-state index contributed by atoms with van der Waals surface area (Å²) >= 11 is 0. The first-order valence-electron chi connectivity index (χ1n) is 4.34. The number of phenols is 1. The van der Waals surface area contributed by atoms with Crippen molar-refractivity contribution in [2.75, 3.05) is 0 Å². The third-order valence-corrected chi connectivity index (χ3v) is 2.24. The molecule has 2 aromatic rings.